The predicted octanol–water partition coefficient (Wildman–Crippen LogP) is 0.966. The van der Waals surface area contributed by atoms with Crippen LogP contribution in [0.25, 0.3) is 0 Å². The van der Waals surface area contributed by atoms with Gasteiger partial charge >= 0.3 is 6.18 Å². The monoisotopic (exact) mass is 263 g/mol. The molecule has 5 nitrogen and oxygen atoms in total. The Morgan fingerprint density at radius 3 is 2.61 bits per heavy atom. The zero-order valence-electron chi connectivity index (χ0n) is 10.2. The molecule has 0 spiro atoms. The van der Waals surface area contributed by atoms with Gasteiger partial charge in [0.2, 0.25) is 0 Å². The minimum atomic E-state index is -4.50. The quantitative estimate of drug-likeness (QED) is 0.614. The van der Waals surface area contributed by atoms with Gasteiger partial charge in [-0.15, -0.1) is 0 Å². The molecule has 3 N–H and O–H groups in total. The lowest BCUT2D eigenvalue weighted by atomic mass is 10.1. The molecule has 1 aromatic heterocycles. The molecule has 0 aromatic carbocycles. The van der Waals surface area contributed by atoms with Gasteiger partial charge in [-0.1, -0.05) is 0 Å². The average molecular weight is 263 g/mol. The summed E-state index contributed by atoms with van der Waals surface area (Å²) in [5, 5.41) is 7.00. The normalized spacial score (nSPS) is 13.9. The summed E-state index contributed by atoms with van der Waals surface area (Å²) in [6.45, 7) is -0.0882. The highest BCUT2D eigenvalue weighted by Gasteiger charge is 2.42. The molecular formula is C10H16F3N5. The highest BCUT2D eigenvalue weighted by atomic mass is 19.4. The number of imidazole rings is 1. The summed E-state index contributed by atoms with van der Waals surface area (Å²) in [4.78, 5) is 5.47. The van der Waals surface area contributed by atoms with Gasteiger partial charge < -0.3 is 10.3 Å². The summed E-state index contributed by atoms with van der Waals surface area (Å²) in [7, 11) is 3.30. The Morgan fingerprint density at radius 2 is 2.22 bits per heavy atom. The number of aromatic nitrogens is 2. The van der Waals surface area contributed by atoms with Crippen molar-refractivity contribution in [3.05, 3.63) is 18.2 Å². The Kier molecular flexibility index (Phi) is 4.33. The van der Waals surface area contributed by atoms with Gasteiger partial charge in [0, 0.05) is 26.0 Å². The van der Waals surface area contributed by atoms with Crippen LogP contribution in [0.3, 0.4) is 0 Å². The third-order valence-corrected chi connectivity index (χ3v) is 2.60. The third kappa shape index (κ3) is 3.73. The SMILES string of the molecule is CN(Cc1nccn1C)CC(C(=N)N)C(F)(F)F. The molecule has 0 bridgehead atoms. The van der Waals surface area contributed by atoms with Crippen molar-refractivity contribution >= 4 is 5.84 Å². The Bertz CT molecular complexity index is 412. The van der Waals surface area contributed by atoms with Crippen LogP contribution < -0.4 is 5.73 Å². The molecule has 18 heavy (non-hydrogen) atoms. The van der Waals surface area contributed by atoms with Crippen LogP contribution >= 0.6 is 0 Å². The maximum absolute atomic E-state index is 12.6. The zero-order chi connectivity index (χ0) is 13.9. The Hall–Kier alpha value is -1.57. The molecule has 0 aliphatic carbocycles. The van der Waals surface area contributed by atoms with E-state index in [0.717, 1.165) is 0 Å². The van der Waals surface area contributed by atoms with E-state index in [0.29, 0.717) is 5.82 Å². The lowest BCUT2D eigenvalue weighted by molar-refractivity contribution is -0.159. The molecule has 0 amide bonds. The average Bonchev–Trinajstić information content (AvgIpc) is 2.59. The molecule has 1 atom stereocenters. The molecule has 0 saturated heterocycles. The number of halogens is 3. The number of hydrogen-bond acceptors (Lipinski definition) is 3. The fourth-order valence-corrected chi connectivity index (χ4v) is 1.54. The van der Waals surface area contributed by atoms with E-state index in [1.807, 2.05) is 0 Å². The molecule has 8 heteroatoms. The van der Waals surface area contributed by atoms with E-state index in [1.54, 1.807) is 24.0 Å². The van der Waals surface area contributed by atoms with Crippen LogP contribution in [-0.2, 0) is 13.6 Å². The van der Waals surface area contributed by atoms with Crippen molar-refractivity contribution in [1.29, 1.82) is 5.41 Å². The summed E-state index contributed by atoms with van der Waals surface area (Å²) >= 11 is 0. The smallest absolute Gasteiger partial charge is 0.387 e. The van der Waals surface area contributed by atoms with Gasteiger partial charge in [0.15, 0.2) is 0 Å². The van der Waals surface area contributed by atoms with Gasteiger partial charge in [-0.2, -0.15) is 13.2 Å². The second kappa shape index (κ2) is 5.38. The molecule has 0 aliphatic heterocycles. The summed E-state index contributed by atoms with van der Waals surface area (Å²) < 4.78 is 39.6. The molecule has 0 fully saturated rings. The molecule has 1 aromatic rings. The van der Waals surface area contributed by atoms with Crippen LogP contribution in [0, 0.1) is 11.3 Å². The summed E-state index contributed by atoms with van der Waals surface area (Å²) in [5.41, 5.74) is 4.99. The van der Waals surface area contributed by atoms with Gasteiger partial charge in [0.1, 0.15) is 17.6 Å². The Labute approximate surface area is 103 Å². The lowest BCUT2D eigenvalue weighted by Crippen LogP contribution is -2.42. The number of aryl methyl sites for hydroxylation is 1. The molecule has 1 unspecified atom stereocenters. The third-order valence-electron chi connectivity index (χ3n) is 2.60. The molecule has 0 aliphatic rings. The Balaban J connectivity index is 2.65. The van der Waals surface area contributed by atoms with E-state index < -0.39 is 17.9 Å². The first-order chi connectivity index (χ1) is 8.21. The second-order valence-corrected chi connectivity index (χ2v) is 4.20. The van der Waals surface area contributed by atoms with Crippen LogP contribution in [0.5, 0.6) is 0 Å². The number of rotatable bonds is 5. The number of amidine groups is 1. The van der Waals surface area contributed by atoms with E-state index in [1.165, 1.54) is 11.9 Å². The van der Waals surface area contributed by atoms with Crippen molar-refractivity contribution < 1.29 is 13.2 Å². The van der Waals surface area contributed by atoms with E-state index in [2.05, 4.69) is 4.98 Å². The van der Waals surface area contributed by atoms with Gasteiger partial charge in [-0.25, -0.2) is 4.98 Å². The van der Waals surface area contributed by atoms with Crippen molar-refractivity contribution in [2.45, 2.75) is 12.7 Å². The molecule has 1 heterocycles. The fraction of sp³-hybridized carbons (Fsp3) is 0.600. The lowest BCUT2D eigenvalue weighted by Gasteiger charge is -2.24. The van der Waals surface area contributed by atoms with E-state index in [-0.39, 0.29) is 13.1 Å². The van der Waals surface area contributed by atoms with Crippen LogP contribution in [0.15, 0.2) is 12.4 Å². The van der Waals surface area contributed by atoms with Crippen molar-refractivity contribution in [3.8, 4) is 0 Å². The number of nitrogens with two attached hydrogens (primary N) is 1. The first-order valence-electron chi connectivity index (χ1n) is 5.27. The van der Waals surface area contributed by atoms with Gasteiger partial charge in [-0.05, 0) is 7.05 Å². The summed E-state index contributed by atoms with van der Waals surface area (Å²) in [6, 6.07) is 0. The van der Waals surface area contributed by atoms with Crippen molar-refractivity contribution in [2.24, 2.45) is 18.7 Å². The van der Waals surface area contributed by atoms with Crippen LogP contribution in [0.2, 0.25) is 0 Å². The Morgan fingerprint density at radius 1 is 1.61 bits per heavy atom. The van der Waals surface area contributed by atoms with E-state index in [9.17, 15) is 13.2 Å². The largest absolute Gasteiger partial charge is 0.399 e. The van der Waals surface area contributed by atoms with Gasteiger partial charge in [0.05, 0.1) is 6.54 Å². The zero-order valence-corrected chi connectivity index (χ0v) is 10.2. The molecule has 102 valence electrons. The van der Waals surface area contributed by atoms with Gasteiger partial charge in [-0.3, -0.25) is 10.3 Å². The van der Waals surface area contributed by atoms with E-state index >= 15 is 0 Å². The fourth-order valence-electron chi connectivity index (χ4n) is 1.54. The maximum Gasteiger partial charge on any atom is 0.399 e. The molecule has 0 radical (unpaired) electrons. The molecular weight excluding hydrogens is 247 g/mol. The highest BCUT2D eigenvalue weighted by Crippen LogP contribution is 2.26. The van der Waals surface area contributed by atoms with Crippen molar-refractivity contribution in [3.63, 3.8) is 0 Å². The maximum atomic E-state index is 12.6. The number of hydrogen-bond donors (Lipinski definition) is 2. The van der Waals surface area contributed by atoms with Crippen molar-refractivity contribution in [2.75, 3.05) is 13.6 Å². The molecule has 0 saturated carbocycles. The first-order valence-corrected chi connectivity index (χ1v) is 5.27. The first kappa shape index (κ1) is 14.5. The van der Waals surface area contributed by atoms with Crippen molar-refractivity contribution in [1.82, 2.24) is 14.5 Å². The van der Waals surface area contributed by atoms with Crippen LogP contribution in [0.4, 0.5) is 13.2 Å². The summed E-state index contributed by atoms with van der Waals surface area (Å²) in [5.74, 6) is -2.15. The number of nitrogens with one attached hydrogen (secondary N) is 1. The standard InChI is InChI=1S/C10H16F3N5/c1-17(6-8-16-3-4-18(8)2)5-7(9(14)15)10(11,12)13/h3-4,7H,5-6H2,1-2H3,(H3,14,15). The topological polar surface area (TPSA) is 70.9 Å². The second-order valence-electron chi connectivity index (χ2n) is 4.20. The number of alkyl halides is 3. The van der Waals surface area contributed by atoms with Crippen LogP contribution in [0.1, 0.15) is 5.82 Å². The van der Waals surface area contributed by atoms with Crippen LogP contribution in [-0.4, -0.2) is 40.1 Å². The molecule has 1 rings (SSSR count). The minimum absolute atomic E-state index is 0.267. The summed E-state index contributed by atoms with van der Waals surface area (Å²) in [6.07, 6.45) is -1.20. The number of nitrogens with zero attached hydrogens (tertiary/aromatic N) is 3. The van der Waals surface area contributed by atoms with Gasteiger partial charge in [0.25, 0.3) is 0 Å². The minimum Gasteiger partial charge on any atom is -0.387 e. The highest BCUT2D eigenvalue weighted by molar-refractivity contribution is 5.80. The predicted molar refractivity (Wildman–Crippen MR) is 61.0 cm³/mol. The van der Waals surface area contributed by atoms with E-state index in [4.69, 9.17) is 11.1 Å².